The predicted molar refractivity (Wildman–Crippen MR) is 97.1 cm³/mol. The third-order valence-corrected chi connectivity index (χ3v) is 4.81. The van der Waals surface area contributed by atoms with E-state index in [4.69, 9.17) is 4.98 Å². The highest BCUT2D eigenvalue weighted by Gasteiger charge is 2.22. The Morgan fingerprint density at radius 3 is 2.62 bits per heavy atom. The van der Waals surface area contributed by atoms with E-state index in [1.165, 1.54) is 0 Å². The molecule has 0 unspecified atom stereocenters. The molecule has 1 aliphatic rings. The second-order valence-electron chi connectivity index (χ2n) is 6.62. The van der Waals surface area contributed by atoms with Crippen molar-refractivity contribution in [3.8, 4) is 11.4 Å². The lowest BCUT2D eigenvalue weighted by Gasteiger charge is -2.37. The predicted octanol–water partition coefficient (Wildman–Crippen LogP) is 1.81. The van der Waals surface area contributed by atoms with Gasteiger partial charge in [-0.3, -0.25) is 9.88 Å². The Labute approximate surface area is 143 Å². The molecule has 6 nitrogen and oxygen atoms in total. The molecule has 1 atom stereocenters. The summed E-state index contributed by atoms with van der Waals surface area (Å²) in [6, 6.07) is 4.37. The number of aromatic nitrogens is 3. The van der Waals surface area contributed by atoms with Crippen molar-refractivity contribution in [2.75, 3.05) is 45.6 Å². The zero-order chi connectivity index (χ0) is 17.1. The summed E-state index contributed by atoms with van der Waals surface area (Å²) in [5.41, 5.74) is 3.11. The first-order chi connectivity index (χ1) is 11.5. The minimum Gasteiger partial charge on any atom is -0.368 e. The Bertz CT molecular complexity index is 687. The van der Waals surface area contributed by atoms with Gasteiger partial charge in [0.25, 0.3) is 0 Å². The maximum Gasteiger partial charge on any atom is 0.161 e. The van der Waals surface area contributed by atoms with Crippen LogP contribution in [0.2, 0.25) is 0 Å². The van der Waals surface area contributed by atoms with Crippen molar-refractivity contribution in [3.05, 3.63) is 35.8 Å². The normalized spacial score (nSPS) is 19.4. The molecule has 0 aliphatic carbocycles. The molecular weight excluding hydrogens is 300 g/mol. The average molecular weight is 326 g/mol. The number of rotatable bonds is 4. The van der Waals surface area contributed by atoms with Gasteiger partial charge in [-0.2, -0.15) is 0 Å². The van der Waals surface area contributed by atoms with E-state index < -0.39 is 0 Å². The summed E-state index contributed by atoms with van der Waals surface area (Å²) >= 11 is 0. The molecular formula is C18H26N6. The number of likely N-dealkylation sites (N-methyl/N-ethyl adjacent to an activating group) is 2. The van der Waals surface area contributed by atoms with Gasteiger partial charge in [0, 0.05) is 61.4 Å². The minimum absolute atomic E-state index is 0.489. The number of hydrogen-bond acceptors (Lipinski definition) is 6. The number of hydrogen-bond donors (Lipinski definition) is 1. The molecule has 1 N–H and O–H groups in total. The first-order valence-corrected chi connectivity index (χ1v) is 8.43. The highest BCUT2D eigenvalue weighted by atomic mass is 15.3. The van der Waals surface area contributed by atoms with E-state index in [-0.39, 0.29) is 0 Å². The Morgan fingerprint density at radius 1 is 1.12 bits per heavy atom. The molecule has 0 radical (unpaired) electrons. The van der Waals surface area contributed by atoms with Crippen LogP contribution in [0.25, 0.3) is 11.4 Å². The summed E-state index contributed by atoms with van der Waals surface area (Å²) in [4.78, 5) is 18.2. The summed E-state index contributed by atoms with van der Waals surface area (Å²) in [6.07, 6.45) is 3.54. The number of nitrogens with zero attached hydrogens (tertiary/aromatic N) is 5. The highest BCUT2D eigenvalue weighted by Crippen LogP contribution is 2.21. The van der Waals surface area contributed by atoms with Gasteiger partial charge in [-0.25, -0.2) is 9.97 Å². The summed E-state index contributed by atoms with van der Waals surface area (Å²) in [5.74, 6) is 1.67. The van der Waals surface area contributed by atoms with Crippen molar-refractivity contribution in [1.29, 1.82) is 0 Å². The van der Waals surface area contributed by atoms with Crippen LogP contribution >= 0.6 is 0 Å². The Hall–Kier alpha value is -2.05. The number of piperazine rings is 1. The van der Waals surface area contributed by atoms with Crippen LogP contribution in [0, 0.1) is 13.8 Å². The number of nitrogens with one attached hydrogen (secondary N) is 1. The lowest BCUT2D eigenvalue weighted by molar-refractivity contribution is 0.122. The molecule has 3 heterocycles. The molecule has 6 heteroatoms. The van der Waals surface area contributed by atoms with Crippen LogP contribution in [-0.2, 0) is 0 Å². The van der Waals surface area contributed by atoms with Gasteiger partial charge < -0.3 is 10.2 Å². The molecule has 0 saturated carbocycles. The molecule has 0 aromatic carbocycles. The molecule has 0 spiro atoms. The lowest BCUT2D eigenvalue weighted by Crippen LogP contribution is -2.52. The second-order valence-corrected chi connectivity index (χ2v) is 6.62. The zero-order valence-electron chi connectivity index (χ0n) is 15.0. The molecule has 1 aliphatic heterocycles. The molecule has 24 heavy (non-hydrogen) atoms. The number of pyridine rings is 1. The highest BCUT2D eigenvalue weighted by molar-refractivity contribution is 5.59. The Balaban J connectivity index is 1.79. The van der Waals surface area contributed by atoms with Crippen LogP contribution in [0.5, 0.6) is 0 Å². The molecule has 128 valence electrons. The number of aryl methyl sites for hydroxylation is 1. The molecule has 1 saturated heterocycles. The van der Waals surface area contributed by atoms with Crippen LogP contribution in [0.4, 0.5) is 5.82 Å². The molecule has 2 aromatic rings. The van der Waals surface area contributed by atoms with Gasteiger partial charge in [0.15, 0.2) is 5.82 Å². The molecule has 1 fully saturated rings. The van der Waals surface area contributed by atoms with Crippen molar-refractivity contribution in [3.63, 3.8) is 0 Å². The third-order valence-electron chi connectivity index (χ3n) is 4.81. The van der Waals surface area contributed by atoms with Crippen molar-refractivity contribution in [2.24, 2.45) is 0 Å². The molecule has 0 bridgehead atoms. The van der Waals surface area contributed by atoms with Crippen LogP contribution in [0.3, 0.4) is 0 Å². The van der Waals surface area contributed by atoms with Crippen molar-refractivity contribution < 1.29 is 0 Å². The topological polar surface area (TPSA) is 57.2 Å². The molecule has 0 amide bonds. The summed E-state index contributed by atoms with van der Waals surface area (Å²) in [7, 11) is 4.38. The largest absolute Gasteiger partial charge is 0.368 e. The minimum atomic E-state index is 0.489. The second kappa shape index (κ2) is 7.23. The Kier molecular flexibility index (Phi) is 5.06. The van der Waals surface area contributed by atoms with Crippen molar-refractivity contribution in [1.82, 2.24) is 24.8 Å². The lowest BCUT2D eigenvalue weighted by atomic mass is 10.1. The first kappa shape index (κ1) is 16.8. The van der Waals surface area contributed by atoms with Gasteiger partial charge in [0.2, 0.25) is 0 Å². The van der Waals surface area contributed by atoms with Crippen LogP contribution in [-0.4, -0.2) is 71.1 Å². The third kappa shape index (κ3) is 3.71. The standard InChI is InChI=1S/C18H26N6/c1-13-14(2)21-18(15-5-7-19-8-6-15)22-17(13)20-11-16-12-23(3)9-10-24(16)4/h5-8,16H,9-12H2,1-4H3,(H,20,21,22)/t16-/m0/s1. The zero-order valence-corrected chi connectivity index (χ0v) is 15.0. The molecule has 3 rings (SSSR count). The molecule has 2 aromatic heterocycles. The maximum absolute atomic E-state index is 4.75. The van der Waals surface area contributed by atoms with E-state index >= 15 is 0 Å². The van der Waals surface area contributed by atoms with Crippen LogP contribution in [0.1, 0.15) is 11.3 Å². The smallest absolute Gasteiger partial charge is 0.161 e. The summed E-state index contributed by atoms with van der Waals surface area (Å²) in [6.45, 7) is 8.30. The first-order valence-electron chi connectivity index (χ1n) is 8.43. The van der Waals surface area contributed by atoms with Gasteiger partial charge in [-0.15, -0.1) is 0 Å². The van der Waals surface area contributed by atoms with E-state index in [1.807, 2.05) is 19.1 Å². The van der Waals surface area contributed by atoms with Gasteiger partial charge in [-0.1, -0.05) is 0 Å². The average Bonchev–Trinajstić information content (AvgIpc) is 2.59. The quantitative estimate of drug-likeness (QED) is 0.925. The van der Waals surface area contributed by atoms with Crippen LogP contribution in [0.15, 0.2) is 24.5 Å². The van der Waals surface area contributed by atoms with E-state index in [0.29, 0.717) is 6.04 Å². The van der Waals surface area contributed by atoms with Gasteiger partial charge in [0.1, 0.15) is 5.82 Å². The summed E-state index contributed by atoms with van der Waals surface area (Å²) in [5, 5.41) is 3.55. The fourth-order valence-electron chi connectivity index (χ4n) is 2.97. The van der Waals surface area contributed by atoms with E-state index in [2.05, 4.69) is 46.1 Å². The van der Waals surface area contributed by atoms with Gasteiger partial charge in [0.05, 0.1) is 0 Å². The SMILES string of the molecule is Cc1nc(-c2ccncc2)nc(NC[C@H]2CN(C)CCN2C)c1C. The Morgan fingerprint density at radius 2 is 1.88 bits per heavy atom. The van der Waals surface area contributed by atoms with E-state index in [1.54, 1.807) is 12.4 Å². The van der Waals surface area contributed by atoms with Crippen LogP contribution < -0.4 is 5.32 Å². The monoisotopic (exact) mass is 326 g/mol. The van der Waals surface area contributed by atoms with Crippen molar-refractivity contribution >= 4 is 5.82 Å². The van der Waals surface area contributed by atoms with E-state index in [0.717, 1.165) is 54.6 Å². The summed E-state index contributed by atoms with van der Waals surface area (Å²) < 4.78 is 0. The fraction of sp³-hybridized carbons (Fsp3) is 0.500. The number of anilines is 1. The van der Waals surface area contributed by atoms with Gasteiger partial charge >= 0.3 is 0 Å². The maximum atomic E-state index is 4.75. The van der Waals surface area contributed by atoms with Crippen molar-refractivity contribution in [2.45, 2.75) is 19.9 Å². The van der Waals surface area contributed by atoms with Gasteiger partial charge in [-0.05, 0) is 40.1 Å². The van der Waals surface area contributed by atoms with E-state index in [9.17, 15) is 0 Å². The fourth-order valence-corrected chi connectivity index (χ4v) is 2.97.